The molecule has 14 heavy (non-hydrogen) atoms. The maximum atomic E-state index is 11.8. The molecule has 1 saturated heterocycles. The van der Waals surface area contributed by atoms with Gasteiger partial charge in [-0.3, -0.25) is 4.79 Å². The third-order valence-corrected chi connectivity index (χ3v) is 3.25. The van der Waals surface area contributed by atoms with Gasteiger partial charge in [0.25, 0.3) is 0 Å². The fourth-order valence-electron chi connectivity index (χ4n) is 2.29. The van der Waals surface area contributed by atoms with E-state index in [2.05, 4.69) is 46.9 Å². The molecule has 0 aromatic heterocycles. The van der Waals surface area contributed by atoms with Crippen molar-refractivity contribution in [1.82, 2.24) is 5.32 Å². The lowest BCUT2D eigenvalue weighted by atomic mass is 9.56. The molecular formula is C12H23NO. The van der Waals surface area contributed by atoms with Crippen LogP contribution in [-0.2, 0) is 4.79 Å². The van der Waals surface area contributed by atoms with Crippen molar-refractivity contribution in [3.63, 3.8) is 0 Å². The first kappa shape index (κ1) is 11.5. The van der Waals surface area contributed by atoms with Crippen molar-refractivity contribution >= 4 is 5.91 Å². The monoisotopic (exact) mass is 197 g/mol. The molecule has 0 aromatic carbocycles. The number of carbonyl (C=O) groups is 1. The molecule has 1 unspecified atom stereocenters. The molecule has 1 N–H and O–H groups in total. The normalized spacial score (nSPS) is 28.3. The van der Waals surface area contributed by atoms with Gasteiger partial charge in [-0.1, -0.05) is 41.5 Å². The summed E-state index contributed by atoms with van der Waals surface area (Å²) in [6.07, 6.45) is 0.968. The summed E-state index contributed by atoms with van der Waals surface area (Å²) in [6, 6.07) is 0. The molecular weight excluding hydrogens is 174 g/mol. The van der Waals surface area contributed by atoms with Gasteiger partial charge in [0.2, 0.25) is 5.91 Å². The number of β-lactam (4-membered cyclic amide) rings is 1. The van der Waals surface area contributed by atoms with Crippen molar-refractivity contribution in [3.05, 3.63) is 0 Å². The Hall–Kier alpha value is -0.530. The minimum absolute atomic E-state index is 0.0581. The zero-order valence-electron chi connectivity index (χ0n) is 10.3. The predicted molar refractivity (Wildman–Crippen MR) is 59.0 cm³/mol. The Labute approximate surface area is 87.5 Å². The highest BCUT2D eigenvalue weighted by Gasteiger charge is 2.55. The summed E-state index contributed by atoms with van der Waals surface area (Å²) in [7, 11) is 0. The molecule has 1 atom stereocenters. The largest absolute Gasteiger partial charge is 0.354 e. The summed E-state index contributed by atoms with van der Waals surface area (Å²) in [6.45, 7) is 13.9. The van der Waals surface area contributed by atoms with Gasteiger partial charge in [-0.15, -0.1) is 0 Å². The maximum absolute atomic E-state index is 11.8. The zero-order chi connectivity index (χ0) is 11.2. The zero-order valence-corrected chi connectivity index (χ0v) is 10.3. The molecule has 1 heterocycles. The Kier molecular flexibility index (Phi) is 2.46. The van der Waals surface area contributed by atoms with E-state index < -0.39 is 0 Å². The van der Waals surface area contributed by atoms with E-state index in [0.717, 1.165) is 13.0 Å². The highest BCUT2D eigenvalue weighted by Crippen LogP contribution is 2.49. The van der Waals surface area contributed by atoms with Crippen molar-refractivity contribution in [2.24, 2.45) is 16.2 Å². The van der Waals surface area contributed by atoms with Crippen LogP contribution in [0.15, 0.2) is 0 Å². The lowest BCUT2D eigenvalue weighted by Gasteiger charge is -2.52. The van der Waals surface area contributed by atoms with Gasteiger partial charge in [-0.2, -0.15) is 0 Å². The third kappa shape index (κ3) is 1.79. The SMILES string of the molecule is CC(C)(C)CC1(C(C)(C)C)CNC1=O. The van der Waals surface area contributed by atoms with Crippen molar-refractivity contribution in [2.45, 2.75) is 48.0 Å². The average molecular weight is 197 g/mol. The van der Waals surface area contributed by atoms with E-state index in [-0.39, 0.29) is 22.2 Å². The number of nitrogens with one attached hydrogen (secondary N) is 1. The van der Waals surface area contributed by atoms with Gasteiger partial charge in [-0.05, 0) is 17.3 Å². The molecule has 1 aliphatic heterocycles. The summed E-state index contributed by atoms with van der Waals surface area (Å²) in [5.41, 5.74) is 0.124. The average Bonchev–Trinajstić information content (AvgIpc) is 1.93. The number of amides is 1. The van der Waals surface area contributed by atoms with Crippen molar-refractivity contribution < 1.29 is 4.79 Å². The molecule has 1 aliphatic rings. The lowest BCUT2D eigenvalue weighted by molar-refractivity contribution is -0.153. The van der Waals surface area contributed by atoms with E-state index in [1.807, 2.05) is 0 Å². The van der Waals surface area contributed by atoms with Crippen LogP contribution in [0.3, 0.4) is 0 Å². The molecule has 1 fully saturated rings. The van der Waals surface area contributed by atoms with Crippen LogP contribution in [0.5, 0.6) is 0 Å². The standard InChI is InChI=1S/C12H23NO/c1-10(2,3)7-12(11(4,5)6)8-13-9(12)14/h7-8H2,1-6H3,(H,13,14). The summed E-state index contributed by atoms with van der Waals surface area (Å²) in [4.78, 5) is 11.8. The summed E-state index contributed by atoms with van der Waals surface area (Å²) in [5, 5.41) is 2.89. The molecule has 1 rings (SSSR count). The first-order valence-electron chi connectivity index (χ1n) is 5.37. The van der Waals surface area contributed by atoms with Crippen LogP contribution in [0.2, 0.25) is 0 Å². The van der Waals surface area contributed by atoms with Crippen LogP contribution >= 0.6 is 0 Å². The Morgan fingerprint density at radius 2 is 1.71 bits per heavy atom. The molecule has 0 aliphatic carbocycles. The quantitative estimate of drug-likeness (QED) is 0.643. The Bertz CT molecular complexity index is 244. The van der Waals surface area contributed by atoms with Gasteiger partial charge in [0, 0.05) is 6.54 Å². The number of carbonyl (C=O) groups excluding carboxylic acids is 1. The molecule has 0 saturated carbocycles. The van der Waals surface area contributed by atoms with E-state index >= 15 is 0 Å². The van der Waals surface area contributed by atoms with Crippen LogP contribution in [0.1, 0.15) is 48.0 Å². The second-order valence-electron chi connectivity index (χ2n) is 6.75. The highest BCUT2D eigenvalue weighted by atomic mass is 16.2. The minimum atomic E-state index is -0.148. The Morgan fingerprint density at radius 3 is 1.79 bits per heavy atom. The van der Waals surface area contributed by atoms with Crippen molar-refractivity contribution in [1.29, 1.82) is 0 Å². The van der Waals surface area contributed by atoms with Gasteiger partial charge in [0.15, 0.2) is 0 Å². The second kappa shape index (κ2) is 2.98. The third-order valence-electron chi connectivity index (χ3n) is 3.25. The van der Waals surface area contributed by atoms with Crippen LogP contribution in [0.4, 0.5) is 0 Å². The highest BCUT2D eigenvalue weighted by molar-refractivity contribution is 5.89. The minimum Gasteiger partial charge on any atom is -0.354 e. The first-order valence-corrected chi connectivity index (χ1v) is 5.37. The molecule has 0 bridgehead atoms. The molecule has 0 aromatic rings. The van der Waals surface area contributed by atoms with Gasteiger partial charge in [0.1, 0.15) is 0 Å². The van der Waals surface area contributed by atoms with Crippen LogP contribution < -0.4 is 5.32 Å². The predicted octanol–water partition coefficient (Wildman–Crippen LogP) is 2.58. The Balaban J connectivity index is 2.91. The van der Waals surface area contributed by atoms with E-state index in [0.29, 0.717) is 0 Å². The summed E-state index contributed by atoms with van der Waals surface area (Å²) in [5.74, 6) is 0.236. The van der Waals surface area contributed by atoms with Crippen molar-refractivity contribution in [3.8, 4) is 0 Å². The van der Waals surface area contributed by atoms with Gasteiger partial charge in [-0.25, -0.2) is 0 Å². The number of hydrogen-bond acceptors (Lipinski definition) is 1. The molecule has 1 amide bonds. The van der Waals surface area contributed by atoms with E-state index in [1.54, 1.807) is 0 Å². The molecule has 82 valence electrons. The fourth-order valence-corrected chi connectivity index (χ4v) is 2.29. The van der Waals surface area contributed by atoms with Crippen LogP contribution in [0.25, 0.3) is 0 Å². The summed E-state index contributed by atoms with van der Waals surface area (Å²) >= 11 is 0. The molecule has 0 spiro atoms. The smallest absolute Gasteiger partial charge is 0.228 e. The molecule has 0 radical (unpaired) electrons. The topological polar surface area (TPSA) is 29.1 Å². The molecule has 2 nitrogen and oxygen atoms in total. The maximum Gasteiger partial charge on any atom is 0.228 e. The number of rotatable bonds is 1. The van der Waals surface area contributed by atoms with Gasteiger partial charge >= 0.3 is 0 Å². The van der Waals surface area contributed by atoms with E-state index in [1.165, 1.54) is 0 Å². The molecule has 2 heteroatoms. The van der Waals surface area contributed by atoms with Crippen LogP contribution in [-0.4, -0.2) is 12.5 Å². The number of hydrogen-bond donors (Lipinski definition) is 1. The van der Waals surface area contributed by atoms with E-state index in [4.69, 9.17) is 0 Å². The lowest BCUT2D eigenvalue weighted by Crippen LogP contribution is -2.65. The Morgan fingerprint density at radius 1 is 1.21 bits per heavy atom. The van der Waals surface area contributed by atoms with Gasteiger partial charge in [0.05, 0.1) is 5.41 Å². The second-order valence-corrected chi connectivity index (χ2v) is 6.75. The first-order chi connectivity index (χ1) is 6.08. The van der Waals surface area contributed by atoms with E-state index in [9.17, 15) is 4.79 Å². The van der Waals surface area contributed by atoms with Gasteiger partial charge < -0.3 is 5.32 Å². The van der Waals surface area contributed by atoms with Crippen LogP contribution in [0, 0.1) is 16.2 Å². The fraction of sp³-hybridized carbons (Fsp3) is 0.917. The summed E-state index contributed by atoms with van der Waals surface area (Å²) < 4.78 is 0. The van der Waals surface area contributed by atoms with Crippen molar-refractivity contribution in [2.75, 3.05) is 6.54 Å².